The summed E-state index contributed by atoms with van der Waals surface area (Å²) in [5.74, 6) is -0.912. The van der Waals surface area contributed by atoms with E-state index in [2.05, 4.69) is 0 Å². The number of piperazine rings is 1. The van der Waals surface area contributed by atoms with Crippen molar-refractivity contribution in [2.75, 3.05) is 19.6 Å². The van der Waals surface area contributed by atoms with Gasteiger partial charge in [-0.1, -0.05) is 30.3 Å². The van der Waals surface area contributed by atoms with Crippen LogP contribution >= 0.6 is 0 Å². The van der Waals surface area contributed by atoms with Crippen molar-refractivity contribution in [1.82, 2.24) is 9.80 Å². The van der Waals surface area contributed by atoms with E-state index in [9.17, 15) is 41.3 Å². The summed E-state index contributed by atoms with van der Waals surface area (Å²) >= 11 is 0. The molecule has 3 aromatic rings. The first kappa shape index (κ1) is 30.0. The molecule has 0 aromatic heterocycles. The van der Waals surface area contributed by atoms with Gasteiger partial charge in [-0.2, -0.15) is 26.3 Å². The molecule has 6 nitrogen and oxygen atoms in total. The third-order valence-corrected chi connectivity index (χ3v) is 7.26. The van der Waals surface area contributed by atoms with E-state index in [1.807, 2.05) is 36.9 Å². The number of hydrogen-bond acceptors (Lipinski definition) is 4. The number of carbonyl (C=O) groups is 1. The fourth-order valence-electron chi connectivity index (χ4n) is 4.93. The summed E-state index contributed by atoms with van der Waals surface area (Å²) in [5.41, 5.74) is -0.116. The van der Waals surface area contributed by atoms with Gasteiger partial charge in [-0.05, 0) is 60.7 Å². The van der Waals surface area contributed by atoms with Crippen LogP contribution in [0.25, 0.3) is 0 Å². The molecule has 12 heteroatoms. The number of halogens is 6. The van der Waals surface area contributed by atoms with Crippen LogP contribution in [0.4, 0.5) is 32.0 Å². The van der Waals surface area contributed by atoms with Crippen LogP contribution in [0.2, 0.25) is 0 Å². The van der Waals surface area contributed by atoms with E-state index in [1.54, 1.807) is 12.1 Å². The molecule has 4 rings (SSSR count). The average Bonchev–Trinajstić information content (AvgIpc) is 2.89. The van der Waals surface area contributed by atoms with Gasteiger partial charge in [0.15, 0.2) is 0 Å². The highest BCUT2D eigenvalue weighted by molar-refractivity contribution is 5.95. The highest BCUT2D eigenvalue weighted by atomic mass is 19.4. The summed E-state index contributed by atoms with van der Waals surface area (Å²) in [6.07, 6.45) is -9.81. The second-order valence-electron chi connectivity index (χ2n) is 10.2. The van der Waals surface area contributed by atoms with Gasteiger partial charge in [0, 0.05) is 49.9 Å². The van der Waals surface area contributed by atoms with E-state index >= 15 is 0 Å². The summed E-state index contributed by atoms with van der Waals surface area (Å²) in [6, 6.07) is 12.1. The largest absolute Gasteiger partial charge is 0.416 e. The Morgan fingerprint density at radius 3 is 1.98 bits per heavy atom. The molecule has 0 bridgehead atoms. The van der Waals surface area contributed by atoms with E-state index in [0.717, 1.165) is 22.3 Å². The quantitative estimate of drug-likeness (QED) is 0.183. The molecule has 0 spiro atoms. The van der Waals surface area contributed by atoms with E-state index in [4.69, 9.17) is 0 Å². The minimum atomic E-state index is -5.07. The number of nitrogens with zero attached hydrogens (tertiary/aromatic N) is 3. The Kier molecular flexibility index (Phi) is 8.44. The van der Waals surface area contributed by atoms with Crippen LogP contribution in [-0.4, -0.2) is 46.3 Å². The lowest BCUT2D eigenvalue weighted by Crippen LogP contribution is -2.55. The summed E-state index contributed by atoms with van der Waals surface area (Å²) in [4.78, 5) is 27.4. The Morgan fingerprint density at radius 1 is 0.854 bits per heavy atom. The summed E-state index contributed by atoms with van der Waals surface area (Å²) in [5, 5.41) is 11.0. The normalized spacial score (nSPS) is 16.6. The molecule has 218 valence electrons. The number of amides is 1. The predicted octanol–water partition coefficient (Wildman–Crippen LogP) is 6.82. The molecule has 1 fully saturated rings. The molecule has 1 amide bonds. The molecule has 0 N–H and O–H groups in total. The van der Waals surface area contributed by atoms with E-state index < -0.39 is 45.9 Å². The number of carbonyl (C=O) groups excluding carboxylic acids is 1. The first-order valence-corrected chi connectivity index (χ1v) is 12.7. The number of hydrogen-bond donors (Lipinski definition) is 0. The zero-order valence-corrected chi connectivity index (χ0v) is 22.2. The summed E-state index contributed by atoms with van der Waals surface area (Å²) in [6.45, 7) is 4.92. The number of rotatable bonds is 6. The molecular weight excluding hydrogens is 552 g/mol. The highest BCUT2D eigenvalue weighted by Crippen LogP contribution is 2.37. The lowest BCUT2D eigenvalue weighted by Gasteiger charge is -2.42. The van der Waals surface area contributed by atoms with Crippen LogP contribution in [0.1, 0.15) is 43.7 Å². The maximum absolute atomic E-state index is 13.6. The Labute approximate surface area is 232 Å². The SMILES string of the molecule is Cc1ccc(C[C@@H]2CN(Cc3ccc([N+](=O)[O-])cc3)CCN2C(=O)c2cc(C(F)(F)F)cc(C(F)(F)F)c2)cc1C. The second kappa shape index (κ2) is 11.5. The van der Waals surface area contributed by atoms with Crippen molar-refractivity contribution in [3.05, 3.63) is 110 Å². The van der Waals surface area contributed by atoms with Gasteiger partial charge in [0.1, 0.15) is 0 Å². The summed E-state index contributed by atoms with van der Waals surface area (Å²) < 4.78 is 80.8. The average molecular weight is 580 g/mol. The number of benzene rings is 3. The molecule has 1 aliphatic heterocycles. The van der Waals surface area contributed by atoms with E-state index in [1.165, 1.54) is 17.0 Å². The van der Waals surface area contributed by atoms with E-state index in [-0.39, 0.29) is 18.3 Å². The van der Waals surface area contributed by atoms with Gasteiger partial charge in [-0.3, -0.25) is 19.8 Å². The highest BCUT2D eigenvalue weighted by Gasteiger charge is 2.39. The third kappa shape index (κ3) is 7.24. The van der Waals surface area contributed by atoms with Crippen molar-refractivity contribution in [3.8, 4) is 0 Å². The molecule has 0 saturated carbocycles. The van der Waals surface area contributed by atoms with Crippen molar-refractivity contribution in [3.63, 3.8) is 0 Å². The van der Waals surface area contributed by atoms with Crippen molar-refractivity contribution < 1.29 is 36.1 Å². The Bertz CT molecular complexity index is 1400. The maximum Gasteiger partial charge on any atom is 0.416 e. The molecule has 1 atom stereocenters. The zero-order valence-electron chi connectivity index (χ0n) is 22.2. The molecule has 1 saturated heterocycles. The Morgan fingerprint density at radius 2 is 1.44 bits per heavy atom. The monoisotopic (exact) mass is 579 g/mol. The van der Waals surface area contributed by atoms with E-state index in [0.29, 0.717) is 38.2 Å². The minimum Gasteiger partial charge on any atom is -0.333 e. The fourth-order valence-corrected chi connectivity index (χ4v) is 4.93. The third-order valence-electron chi connectivity index (χ3n) is 7.26. The summed E-state index contributed by atoms with van der Waals surface area (Å²) in [7, 11) is 0. The number of alkyl halides is 6. The van der Waals surface area contributed by atoms with Crippen LogP contribution in [0, 0.1) is 24.0 Å². The lowest BCUT2D eigenvalue weighted by atomic mass is 9.97. The van der Waals surface area contributed by atoms with Gasteiger partial charge in [0.2, 0.25) is 0 Å². The fraction of sp³-hybridized carbons (Fsp3) is 0.345. The van der Waals surface area contributed by atoms with Crippen LogP contribution in [-0.2, 0) is 25.3 Å². The Hall–Kier alpha value is -3.93. The van der Waals surface area contributed by atoms with Gasteiger partial charge in [-0.25, -0.2) is 0 Å². The first-order valence-electron chi connectivity index (χ1n) is 12.7. The van der Waals surface area contributed by atoms with Crippen molar-refractivity contribution in [1.29, 1.82) is 0 Å². The molecule has 1 heterocycles. The topological polar surface area (TPSA) is 66.7 Å². The van der Waals surface area contributed by atoms with Crippen LogP contribution in [0.3, 0.4) is 0 Å². The number of non-ortho nitro benzene ring substituents is 1. The number of aryl methyl sites for hydroxylation is 2. The van der Waals surface area contributed by atoms with Gasteiger partial charge >= 0.3 is 12.4 Å². The molecule has 0 radical (unpaired) electrons. The van der Waals surface area contributed by atoms with Gasteiger partial charge < -0.3 is 4.90 Å². The van der Waals surface area contributed by atoms with Crippen LogP contribution < -0.4 is 0 Å². The Balaban J connectivity index is 1.65. The predicted molar refractivity (Wildman–Crippen MR) is 139 cm³/mol. The smallest absolute Gasteiger partial charge is 0.333 e. The van der Waals surface area contributed by atoms with Gasteiger partial charge in [-0.15, -0.1) is 0 Å². The second-order valence-corrected chi connectivity index (χ2v) is 10.2. The number of nitro benzene ring substituents is 1. The molecule has 0 aliphatic carbocycles. The molecule has 3 aromatic carbocycles. The maximum atomic E-state index is 13.6. The van der Waals surface area contributed by atoms with Crippen LogP contribution in [0.15, 0.2) is 60.7 Å². The van der Waals surface area contributed by atoms with Crippen LogP contribution in [0.5, 0.6) is 0 Å². The molecule has 0 unspecified atom stereocenters. The first-order chi connectivity index (χ1) is 19.1. The van der Waals surface area contributed by atoms with Gasteiger partial charge in [0.05, 0.1) is 16.1 Å². The van der Waals surface area contributed by atoms with Gasteiger partial charge in [0.25, 0.3) is 11.6 Å². The van der Waals surface area contributed by atoms with Crippen molar-refractivity contribution in [2.24, 2.45) is 0 Å². The minimum absolute atomic E-state index is 0.00544. The number of nitro groups is 1. The molecular formula is C29H27F6N3O3. The molecule has 1 aliphatic rings. The van der Waals surface area contributed by atoms with Crippen molar-refractivity contribution >= 4 is 11.6 Å². The zero-order chi connectivity index (χ0) is 30.1. The standard InChI is InChI=1S/C29H27F6N3O3/c1-18-3-4-21(11-19(18)2)12-26-17-36(16-20-5-7-25(8-6-20)38(40)41)9-10-37(26)27(39)22-13-23(28(30,31)32)15-24(14-22)29(33,34)35/h3-8,11,13-15,26H,9-10,12,16-17H2,1-2H3/t26-/m1/s1. The molecule has 41 heavy (non-hydrogen) atoms. The lowest BCUT2D eigenvalue weighted by molar-refractivity contribution is -0.384. The van der Waals surface area contributed by atoms with Crippen molar-refractivity contribution in [2.45, 2.75) is 45.2 Å².